The zero-order chi connectivity index (χ0) is 23.7. The number of carbonyl (C=O) groups is 1. The molecule has 0 saturated heterocycles. The van der Waals surface area contributed by atoms with Gasteiger partial charge in [0.25, 0.3) is 0 Å². The summed E-state index contributed by atoms with van der Waals surface area (Å²) in [5.41, 5.74) is -4.82. The first-order chi connectivity index (χ1) is 14.9. The van der Waals surface area contributed by atoms with Gasteiger partial charge in [0, 0.05) is 29.7 Å². The summed E-state index contributed by atoms with van der Waals surface area (Å²) < 4.78 is 98.3. The lowest BCUT2D eigenvalue weighted by atomic mass is 10.0. The van der Waals surface area contributed by atoms with Gasteiger partial charge in [-0.15, -0.1) is 0 Å². The molecule has 0 amide bonds. The number of methoxy groups -OCH3 is 1. The molecule has 2 heterocycles. The van der Waals surface area contributed by atoms with Crippen molar-refractivity contribution in [1.82, 2.24) is 19.7 Å². The molecule has 6 nitrogen and oxygen atoms in total. The molecule has 0 spiro atoms. The number of hydrogen-bond acceptors (Lipinski definition) is 5. The standard InChI is InChI=1S/C19H11F7N4O2/c1-32-17(31)14(11-5-27-9-28-6-11)7-30-8-15(20)16(29-30)10-2-12(18(21,22)23)4-13(3-10)19(24,25)26/h2-9H,1H3/b14-7+. The zero-order valence-corrected chi connectivity index (χ0v) is 15.9. The molecule has 2 aromatic heterocycles. The third-order valence-electron chi connectivity index (χ3n) is 4.09. The van der Waals surface area contributed by atoms with Crippen LogP contribution in [0, 0.1) is 5.82 Å². The molecule has 3 rings (SSSR count). The van der Waals surface area contributed by atoms with Crippen LogP contribution in [0.5, 0.6) is 0 Å². The van der Waals surface area contributed by atoms with E-state index in [4.69, 9.17) is 0 Å². The maximum Gasteiger partial charge on any atom is 0.416 e. The van der Waals surface area contributed by atoms with Gasteiger partial charge in [-0.05, 0) is 18.2 Å². The van der Waals surface area contributed by atoms with Gasteiger partial charge in [0.15, 0.2) is 5.82 Å². The molecule has 0 aliphatic heterocycles. The highest BCUT2D eigenvalue weighted by molar-refractivity contribution is 6.19. The fourth-order valence-electron chi connectivity index (χ4n) is 2.65. The Labute approximate surface area is 175 Å². The van der Waals surface area contributed by atoms with E-state index in [1.807, 2.05) is 0 Å². The Morgan fingerprint density at radius 2 is 1.56 bits per heavy atom. The van der Waals surface area contributed by atoms with E-state index in [1.54, 1.807) is 0 Å². The van der Waals surface area contributed by atoms with Crippen molar-refractivity contribution in [3.63, 3.8) is 0 Å². The Hall–Kier alpha value is -3.77. The van der Waals surface area contributed by atoms with Gasteiger partial charge in [-0.3, -0.25) is 0 Å². The number of carbonyl (C=O) groups excluding carboxylic acids is 1. The molecule has 0 bridgehead atoms. The van der Waals surface area contributed by atoms with Crippen molar-refractivity contribution in [2.45, 2.75) is 12.4 Å². The topological polar surface area (TPSA) is 69.9 Å². The number of nitrogens with zero attached hydrogens (tertiary/aromatic N) is 4. The van der Waals surface area contributed by atoms with Gasteiger partial charge in [0.1, 0.15) is 12.0 Å². The third-order valence-corrected chi connectivity index (χ3v) is 4.09. The smallest absolute Gasteiger partial charge is 0.416 e. The molecule has 13 heteroatoms. The van der Waals surface area contributed by atoms with Crippen LogP contribution in [0.4, 0.5) is 30.7 Å². The predicted molar refractivity (Wildman–Crippen MR) is 95.8 cm³/mol. The summed E-state index contributed by atoms with van der Waals surface area (Å²) in [6.45, 7) is 0. The largest absolute Gasteiger partial charge is 0.465 e. The second kappa shape index (κ2) is 8.40. The minimum Gasteiger partial charge on any atom is -0.465 e. The van der Waals surface area contributed by atoms with Crippen LogP contribution >= 0.6 is 0 Å². The van der Waals surface area contributed by atoms with Crippen molar-refractivity contribution in [1.29, 1.82) is 0 Å². The lowest BCUT2D eigenvalue weighted by molar-refractivity contribution is -0.143. The molecule has 1 aromatic carbocycles. The van der Waals surface area contributed by atoms with E-state index in [2.05, 4.69) is 19.8 Å². The van der Waals surface area contributed by atoms with Gasteiger partial charge < -0.3 is 4.74 Å². The summed E-state index contributed by atoms with van der Waals surface area (Å²) in [4.78, 5) is 19.5. The highest BCUT2D eigenvalue weighted by atomic mass is 19.4. The van der Waals surface area contributed by atoms with Gasteiger partial charge in [0.2, 0.25) is 0 Å². The summed E-state index contributed by atoms with van der Waals surface area (Å²) >= 11 is 0. The normalized spacial score (nSPS) is 12.7. The average molecular weight is 460 g/mol. The maximum absolute atomic E-state index is 14.5. The molecule has 0 aliphatic carbocycles. The highest BCUT2D eigenvalue weighted by Crippen LogP contribution is 2.38. The minimum atomic E-state index is -5.11. The predicted octanol–water partition coefficient (Wildman–Crippen LogP) is 4.69. The van der Waals surface area contributed by atoms with Gasteiger partial charge in [-0.2, -0.15) is 31.4 Å². The van der Waals surface area contributed by atoms with E-state index in [-0.39, 0.29) is 17.2 Å². The first kappa shape index (κ1) is 22.9. The molecule has 3 aromatic rings. The number of ether oxygens (including phenoxy) is 1. The SMILES string of the molecule is COC(=O)/C(=C/n1cc(F)c(-c2cc(C(F)(F)F)cc(C(F)(F)F)c2)n1)c1cncnc1. The molecule has 0 radical (unpaired) electrons. The number of benzene rings is 1. The van der Waals surface area contributed by atoms with Crippen LogP contribution in [0.3, 0.4) is 0 Å². The number of alkyl halides is 6. The Morgan fingerprint density at radius 3 is 2.06 bits per heavy atom. The summed E-state index contributed by atoms with van der Waals surface area (Å²) in [6, 6.07) is 0.616. The van der Waals surface area contributed by atoms with Crippen LogP contribution in [0.1, 0.15) is 16.7 Å². The summed E-state index contributed by atoms with van der Waals surface area (Å²) in [5.74, 6) is -2.11. The zero-order valence-electron chi connectivity index (χ0n) is 15.9. The molecule has 0 atom stereocenters. The third kappa shape index (κ3) is 4.92. The van der Waals surface area contributed by atoms with Crippen molar-refractivity contribution in [3.05, 3.63) is 65.6 Å². The monoisotopic (exact) mass is 460 g/mol. The van der Waals surface area contributed by atoms with Crippen LogP contribution in [0.15, 0.2) is 43.1 Å². The van der Waals surface area contributed by atoms with Crippen LogP contribution in [-0.2, 0) is 21.9 Å². The van der Waals surface area contributed by atoms with E-state index in [1.165, 1.54) is 18.7 Å². The number of aromatic nitrogens is 4. The van der Waals surface area contributed by atoms with Crippen molar-refractivity contribution in [2.24, 2.45) is 0 Å². The van der Waals surface area contributed by atoms with Gasteiger partial charge in [-0.1, -0.05) is 0 Å². The van der Waals surface area contributed by atoms with Gasteiger partial charge in [0.05, 0.1) is 30.0 Å². The van der Waals surface area contributed by atoms with Gasteiger partial charge >= 0.3 is 18.3 Å². The molecule has 32 heavy (non-hydrogen) atoms. The molecule has 168 valence electrons. The number of esters is 1. The Kier molecular flexibility index (Phi) is 6.01. The molecule has 0 aliphatic rings. The summed E-state index contributed by atoms with van der Waals surface area (Å²) in [7, 11) is 1.07. The Balaban J connectivity index is 2.14. The lowest BCUT2D eigenvalue weighted by Crippen LogP contribution is -2.11. The van der Waals surface area contributed by atoms with Crippen LogP contribution in [0.2, 0.25) is 0 Å². The van der Waals surface area contributed by atoms with Crippen molar-refractivity contribution >= 4 is 17.7 Å². The molecule has 0 unspecified atom stereocenters. The second-order valence-corrected chi connectivity index (χ2v) is 6.26. The average Bonchev–Trinajstić information content (AvgIpc) is 3.10. The van der Waals surface area contributed by atoms with Crippen molar-refractivity contribution in [3.8, 4) is 11.3 Å². The van der Waals surface area contributed by atoms with Gasteiger partial charge in [-0.25, -0.2) is 23.8 Å². The highest BCUT2D eigenvalue weighted by Gasteiger charge is 2.37. The molecule has 0 fully saturated rings. The number of rotatable bonds is 4. The van der Waals surface area contributed by atoms with E-state index in [0.29, 0.717) is 18.3 Å². The Bertz CT molecular complexity index is 1140. The number of halogens is 7. The Morgan fingerprint density at radius 1 is 1.00 bits per heavy atom. The quantitative estimate of drug-likeness (QED) is 0.321. The van der Waals surface area contributed by atoms with Crippen molar-refractivity contribution < 1.29 is 40.3 Å². The molecule has 0 saturated carbocycles. The second-order valence-electron chi connectivity index (χ2n) is 6.26. The maximum atomic E-state index is 14.5. The van der Waals surface area contributed by atoms with Crippen LogP contribution < -0.4 is 0 Å². The van der Waals surface area contributed by atoms with E-state index in [0.717, 1.165) is 18.0 Å². The fourth-order valence-corrected chi connectivity index (χ4v) is 2.65. The molecule has 0 N–H and O–H groups in total. The van der Waals surface area contributed by atoms with Crippen LogP contribution in [-0.4, -0.2) is 32.8 Å². The minimum absolute atomic E-state index is 0.0803. The number of hydrogen-bond donors (Lipinski definition) is 0. The van der Waals surface area contributed by atoms with E-state index < -0.39 is 46.5 Å². The van der Waals surface area contributed by atoms with E-state index in [9.17, 15) is 35.5 Å². The molecular formula is C19H11F7N4O2. The summed E-state index contributed by atoms with van der Waals surface area (Å²) in [5, 5.41) is 3.69. The first-order valence-electron chi connectivity index (χ1n) is 8.50. The summed E-state index contributed by atoms with van der Waals surface area (Å²) in [6.07, 6.45) is -4.93. The lowest BCUT2D eigenvalue weighted by Gasteiger charge is -2.13. The molecular weight excluding hydrogens is 449 g/mol. The van der Waals surface area contributed by atoms with E-state index >= 15 is 0 Å². The van der Waals surface area contributed by atoms with Crippen LogP contribution in [0.25, 0.3) is 23.0 Å². The first-order valence-corrected chi connectivity index (χ1v) is 8.50. The fraction of sp³-hybridized carbons (Fsp3) is 0.158. The van der Waals surface area contributed by atoms with Crippen molar-refractivity contribution in [2.75, 3.05) is 7.11 Å².